The van der Waals surface area contributed by atoms with Crippen LogP contribution in [-0.2, 0) is 0 Å². The quantitative estimate of drug-likeness (QED) is 0.388. The second-order valence-electron chi connectivity index (χ2n) is 7.26. The van der Waals surface area contributed by atoms with Gasteiger partial charge in [-0.2, -0.15) is 0 Å². The zero-order chi connectivity index (χ0) is 19.4. The Kier molecular flexibility index (Phi) is 6.95. The molecule has 1 aliphatic heterocycles. The van der Waals surface area contributed by atoms with Gasteiger partial charge in [0.05, 0.1) is 16.4 Å². The van der Waals surface area contributed by atoms with Crippen molar-refractivity contribution in [2.45, 2.75) is 44.4 Å². The van der Waals surface area contributed by atoms with E-state index in [1.807, 2.05) is 23.9 Å². The molecule has 0 saturated heterocycles. The summed E-state index contributed by atoms with van der Waals surface area (Å²) in [5, 5.41) is 0. The number of nitrogens with zero attached hydrogens (tertiary/aromatic N) is 1. The monoisotopic (exact) mass is 499 g/mol. The number of hydrogen-bond acceptors (Lipinski definition) is 3. The first-order chi connectivity index (χ1) is 13.0. The van der Waals surface area contributed by atoms with E-state index in [1.54, 1.807) is 19.2 Å². The van der Waals surface area contributed by atoms with Crippen molar-refractivity contribution in [2.24, 2.45) is 5.41 Å². The number of halogens is 2. The van der Waals surface area contributed by atoms with Crippen molar-refractivity contribution >= 4 is 45.7 Å². The molecule has 0 fully saturated rings. The molecule has 3 rings (SSSR count). The Morgan fingerprint density at radius 1 is 1.22 bits per heavy atom. The minimum atomic E-state index is -0.194. The minimum Gasteiger partial charge on any atom is -0.496 e. The van der Waals surface area contributed by atoms with Gasteiger partial charge in [-0.15, -0.1) is 11.8 Å². The number of rotatable bonds is 6. The van der Waals surface area contributed by atoms with Crippen molar-refractivity contribution in [1.82, 2.24) is 0 Å². The number of ether oxygens (including phenoxy) is 1. The fourth-order valence-corrected chi connectivity index (χ4v) is 5.73. The van der Waals surface area contributed by atoms with Crippen LogP contribution in [0.5, 0.6) is 5.75 Å². The maximum Gasteiger partial charge on any atom is 0.133 e. The van der Waals surface area contributed by atoms with Crippen molar-refractivity contribution in [3.63, 3.8) is 0 Å². The maximum absolute atomic E-state index is 13.5. The van der Waals surface area contributed by atoms with Crippen LogP contribution in [0.1, 0.15) is 39.5 Å². The zero-order valence-electron chi connectivity index (χ0n) is 16.2. The highest BCUT2D eigenvalue weighted by molar-refractivity contribution is 14.1. The first-order valence-electron chi connectivity index (χ1n) is 9.55. The number of hydrogen-bond donors (Lipinski definition) is 0. The van der Waals surface area contributed by atoms with Crippen molar-refractivity contribution in [3.05, 3.63) is 45.8 Å². The number of anilines is 2. The van der Waals surface area contributed by atoms with E-state index in [0.717, 1.165) is 33.7 Å². The molecule has 0 spiro atoms. The van der Waals surface area contributed by atoms with E-state index in [0.29, 0.717) is 0 Å². The summed E-state index contributed by atoms with van der Waals surface area (Å²) in [6.45, 7) is 5.52. The Balaban J connectivity index is 2.09. The van der Waals surface area contributed by atoms with Gasteiger partial charge >= 0.3 is 0 Å². The Hall–Kier alpha value is -0.950. The van der Waals surface area contributed by atoms with Crippen LogP contribution in [0, 0.1) is 14.8 Å². The molecule has 1 aliphatic rings. The van der Waals surface area contributed by atoms with Gasteiger partial charge in [0, 0.05) is 22.9 Å². The van der Waals surface area contributed by atoms with Crippen LogP contribution in [-0.4, -0.2) is 19.4 Å². The largest absolute Gasteiger partial charge is 0.496 e. The van der Waals surface area contributed by atoms with E-state index in [9.17, 15) is 4.39 Å². The average Bonchev–Trinajstić information content (AvgIpc) is 2.84. The number of thioether (sulfide) groups is 1. The smallest absolute Gasteiger partial charge is 0.133 e. The van der Waals surface area contributed by atoms with E-state index in [1.165, 1.54) is 29.8 Å². The normalized spacial score (nSPS) is 19.5. The van der Waals surface area contributed by atoms with Gasteiger partial charge in [-0.25, -0.2) is 4.39 Å². The molecular weight excluding hydrogens is 472 g/mol. The SMILES string of the molecule is CCCCC1(CC)CSc2cc(OC)c(I)cc2N(c2ccc(F)cc2)C1. The average molecular weight is 499 g/mol. The molecule has 0 radical (unpaired) electrons. The third-order valence-electron chi connectivity index (χ3n) is 5.50. The van der Waals surface area contributed by atoms with Crippen LogP contribution in [0.25, 0.3) is 0 Å². The fourth-order valence-electron chi connectivity index (χ4n) is 3.65. The molecule has 2 nitrogen and oxygen atoms in total. The van der Waals surface area contributed by atoms with E-state index < -0.39 is 0 Å². The third-order valence-corrected chi connectivity index (χ3v) is 7.74. The van der Waals surface area contributed by atoms with Crippen LogP contribution >= 0.6 is 34.4 Å². The number of benzene rings is 2. The fraction of sp³-hybridized carbons (Fsp3) is 0.455. The molecule has 27 heavy (non-hydrogen) atoms. The molecule has 1 heterocycles. The van der Waals surface area contributed by atoms with Crippen LogP contribution in [0.3, 0.4) is 0 Å². The predicted molar refractivity (Wildman–Crippen MR) is 122 cm³/mol. The first-order valence-corrected chi connectivity index (χ1v) is 11.6. The third kappa shape index (κ3) is 4.56. The van der Waals surface area contributed by atoms with Gasteiger partial charge in [0.1, 0.15) is 11.6 Å². The summed E-state index contributed by atoms with van der Waals surface area (Å²) < 4.78 is 20.2. The number of fused-ring (bicyclic) bond motifs is 1. The summed E-state index contributed by atoms with van der Waals surface area (Å²) in [4.78, 5) is 3.62. The number of unbranched alkanes of at least 4 members (excludes halogenated alkanes) is 1. The van der Waals surface area contributed by atoms with Crippen LogP contribution in [0.15, 0.2) is 41.3 Å². The van der Waals surface area contributed by atoms with Crippen molar-refractivity contribution in [1.29, 1.82) is 0 Å². The second-order valence-corrected chi connectivity index (χ2v) is 9.44. The molecule has 2 aromatic rings. The second kappa shape index (κ2) is 9.03. The van der Waals surface area contributed by atoms with E-state index in [-0.39, 0.29) is 11.2 Å². The van der Waals surface area contributed by atoms with Gasteiger partial charge in [-0.3, -0.25) is 0 Å². The predicted octanol–water partition coefficient (Wildman–Crippen LogP) is 7.27. The van der Waals surface area contributed by atoms with Crippen molar-refractivity contribution in [2.75, 3.05) is 24.3 Å². The molecular formula is C22H27FINOS. The molecule has 0 saturated carbocycles. The summed E-state index contributed by atoms with van der Waals surface area (Å²) in [5.41, 5.74) is 2.49. The lowest BCUT2D eigenvalue weighted by Crippen LogP contribution is -2.36. The topological polar surface area (TPSA) is 12.5 Å². The molecule has 0 aliphatic carbocycles. The molecule has 2 aromatic carbocycles. The van der Waals surface area contributed by atoms with Gasteiger partial charge in [0.25, 0.3) is 0 Å². The van der Waals surface area contributed by atoms with E-state index in [4.69, 9.17) is 4.74 Å². The van der Waals surface area contributed by atoms with Gasteiger partial charge < -0.3 is 9.64 Å². The lowest BCUT2D eigenvalue weighted by molar-refractivity contribution is 0.295. The molecule has 146 valence electrons. The Bertz CT molecular complexity index is 783. The van der Waals surface area contributed by atoms with Gasteiger partial charge in [-0.1, -0.05) is 26.7 Å². The summed E-state index contributed by atoms with van der Waals surface area (Å²) in [6.07, 6.45) is 4.80. The highest BCUT2D eigenvalue weighted by Crippen LogP contribution is 2.48. The highest BCUT2D eigenvalue weighted by Gasteiger charge is 2.35. The molecule has 0 N–H and O–H groups in total. The van der Waals surface area contributed by atoms with E-state index in [2.05, 4.69) is 53.5 Å². The molecule has 0 aromatic heterocycles. The summed E-state index contributed by atoms with van der Waals surface area (Å²) in [6, 6.07) is 11.3. The molecule has 1 unspecified atom stereocenters. The van der Waals surface area contributed by atoms with Crippen LogP contribution in [0.4, 0.5) is 15.8 Å². The van der Waals surface area contributed by atoms with Gasteiger partial charge in [0.15, 0.2) is 0 Å². The van der Waals surface area contributed by atoms with Crippen molar-refractivity contribution in [3.8, 4) is 5.75 Å². The van der Waals surface area contributed by atoms with Gasteiger partial charge in [0.2, 0.25) is 0 Å². The maximum atomic E-state index is 13.5. The lowest BCUT2D eigenvalue weighted by Gasteiger charge is -2.36. The zero-order valence-corrected chi connectivity index (χ0v) is 19.2. The minimum absolute atomic E-state index is 0.194. The summed E-state index contributed by atoms with van der Waals surface area (Å²) in [7, 11) is 1.72. The lowest BCUT2D eigenvalue weighted by atomic mass is 9.81. The summed E-state index contributed by atoms with van der Waals surface area (Å²) >= 11 is 4.27. The number of methoxy groups -OCH3 is 1. The molecule has 5 heteroatoms. The van der Waals surface area contributed by atoms with Crippen LogP contribution in [0.2, 0.25) is 0 Å². The molecule has 1 atom stereocenters. The van der Waals surface area contributed by atoms with Crippen molar-refractivity contribution < 1.29 is 9.13 Å². The Labute approximate surface area is 180 Å². The first kappa shape index (κ1) is 20.8. The standard InChI is InChI=1S/C22H27FINOS/c1-4-6-11-22(5-2)14-25(17-9-7-16(23)8-10-17)19-12-18(24)20(26-3)13-21(19)27-15-22/h7-10,12-13H,4-6,11,14-15H2,1-3H3. The Morgan fingerprint density at radius 2 is 1.96 bits per heavy atom. The van der Waals surface area contributed by atoms with Crippen LogP contribution < -0.4 is 9.64 Å². The molecule has 0 bridgehead atoms. The van der Waals surface area contributed by atoms with Gasteiger partial charge in [-0.05, 0) is 77.2 Å². The summed E-state index contributed by atoms with van der Waals surface area (Å²) in [5.74, 6) is 1.82. The molecule has 0 amide bonds. The Morgan fingerprint density at radius 3 is 2.59 bits per heavy atom. The van der Waals surface area contributed by atoms with E-state index >= 15 is 0 Å². The highest BCUT2D eigenvalue weighted by atomic mass is 127.